The van der Waals surface area contributed by atoms with Crippen molar-refractivity contribution in [1.82, 2.24) is 4.31 Å². The zero-order valence-corrected chi connectivity index (χ0v) is 14.9. The number of nitrogens with zero attached hydrogens (tertiary/aromatic N) is 1. The highest BCUT2D eigenvalue weighted by Gasteiger charge is 2.38. The molecule has 0 unspecified atom stereocenters. The van der Waals surface area contributed by atoms with Crippen LogP contribution in [-0.4, -0.2) is 44.9 Å². The average molecular weight is 403 g/mol. The summed E-state index contributed by atoms with van der Waals surface area (Å²) in [6.07, 6.45) is -3.71. The van der Waals surface area contributed by atoms with Crippen LogP contribution in [0.1, 0.15) is 28.8 Å². The van der Waals surface area contributed by atoms with Gasteiger partial charge in [0.15, 0.2) is 0 Å². The van der Waals surface area contributed by atoms with Gasteiger partial charge in [-0.3, -0.25) is 0 Å². The van der Waals surface area contributed by atoms with E-state index in [1.165, 1.54) is 0 Å². The molecule has 1 atom stereocenters. The molecule has 11 heteroatoms. The number of hydrogen-bond donors (Lipinski definition) is 1. The monoisotopic (exact) mass is 402 g/mol. The van der Waals surface area contributed by atoms with Crippen LogP contribution in [0.3, 0.4) is 0 Å². The molecular weight excluding hydrogens is 385 g/mol. The third-order valence-corrected chi connectivity index (χ3v) is 5.62. The highest BCUT2D eigenvalue weighted by Crippen LogP contribution is 2.34. The minimum Gasteiger partial charge on any atom is -0.465 e. The molecule has 1 heterocycles. The highest BCUT2D eigenvalue weighted by atomic mass is 35.5. The molecule has 1 fully saturated rings. The van der Waals surface area contributed by atoms with Crippen molar-refractivity contribution in [3.05, 3.63) is 29.3 Å². The van der Waals surface area contributed by atoms with Gasteiger partial charge >= 0.3 is 12.1 Å². The number of carbonyl (C=O) groups is 1. The number of nitrogens with two attached hydrogens (primary N) is 1. The van der Waals surface area contributed by atoms with E-state index < -0.39 is 38.2 Å². The lowest BCUT2D eigenvalue weighted by Gasteiger charge is -2.30. The Balaban J connectivity index is 0.00000312. The lowest BCUT2D eigenvalue weighted by Crippen LogP contribution is -2.45. The Morgan fingerprint density at radius 2 is 2.00 bits per heavy atom. The molecule has 1 saturated heterocycles. The van der Waals surface area contributed by atoms with Crippen LogP contribution in [0.25, 0.3) is 0 Å². The van der Waals surface area contributed by atoms with E-state index in [4.69, 9.17) is 5.73 Å². The smallest absolute Gasteiger partial charge is 0.417 e. The quantitative estimate of drug-likeness (QED) is 0.781. The molecule has 0 bridgehead atoms. The molecule has 2 rings (SSSR count). The van der Waals surface area contributed by atoms with Gasteiger partial charge in [-0.15, -0.1) is 12.4 Å². The molecule has 0 aliphatic carbocycles. The van der Waals surface area contributed by atoms with Crippen molar-refractivity contribution in [3.63, 3.8) is 0 Å². The van der Waals surface area contributed by atoms with Gasteiger partial charge in [-0.2, -0.15) is 17.5 Å². The third-order valence-electron chi connectivity index (χ3n) is 3.76. The molecule has 0 aromatic heterocycles. The number of sulfonamides is 1. The second-order valence-electron chi connectivity index (χ2n) is 5.46. The predicted molar refractivity (Wildman–Crippen MR) is 86.0 cm³/mol. The summed E-state index contributed by atoms with van der Waals surface area (Å²) in [7, 11) is -3.18. The summed E-state index contributed by atoms with van der Waals surface area (Å²) < 4.78 is 70.0. The summed E-state index contributed by atoms with van der Waals surface area (Å²) in [5.74, 6) is -1.19. The molecule has 1 aliphatic heterocycles. The molecule has 0 spiro atoms. The summed E-state index contributed by atoms with van der Waals surface area (Å²) in [5.41, 5.74) is 3.65. The van der Waals surface area contributed by atoms with E-state index in [0.717, 1.165) is 23.5 Å². The fraction of sp³-hybridized carbons (Fsp3) is 0.500. The molecule has 25 heavy (non-hydrogen) atoms. The molecule has 142 valence electrons. The number of alkyl halides is 3. The number of piperidine rings is 1. The topological polar surface area (TPSA) is 89.7 Å². The summed E-state index contributed by atoms with van der Waals surface area (Å²) in [6.45, 7) is 0.235. The fourth-order valence-electron chi connectivity index (χ4n) is 2.55. The number of methoxy groups -OCH3 is 1. The van der Waals surface area contributed by atoms with Crippen molar-refractivity contribution in [2.24, 2.45) is 5.73 Å². The Morgan fingerprint density at radius 1 is 1.36 bits per heavy atom. The number of hydrogen-bond acceptors (Lipinski definition) is 5. The van der Waals surface area contributed by atoms with E-state index in [1.807, 2.05) is 0 Å². The SMILES string of the molecule is COC(=O)c1ccc(S(=O)(=O)N2CCC[C@@H](N)C2)cc1C(F)(F)F.Cl. The van der Waals surface area contributed by atoms with Gasteiger partial charge in [-0.1, -0.05) is 0 Å². The first-order valence-corrected chi connectivity index (χ1v) is 8.56. The molecule has 1 aliphatic rings. The number of esters is 1. The van der Waals surface area contributed by atoms with Crippen molar-refractivity contribution in [2.45, 2.75) is 30.0 Å². The molecule has 1 aromatic carbocycles. The number of benzene rings is 1. The van der Waals surface area contributed by atoms with Gasteiger partial charge in [0.1, 0.15) is 0 Å². The van der Waals surface area contributed by atoms with Crippen molar-refractivity contribution in [3.8, 4) is 0 Å². The molecule has 0 radical (unpaired) electrons. The van der Waals surface area contributed by atoms with Crippen LogP contribution in [0.4, 0.5) is 13.2 Å². The van der Waals surface area contributed by atoms with E-state index >= 15 is 0 Å². The predicted octanol–water partition coefficient (Wildman–Crippen LogP) is 2.03. The number of halogens is 4. The van der Waals surface area contributed by atoms with Gasteiger partial charge in [0, 0.05) is 19.1 Å². The molecular formula is C14H18ClF3N2O4S. The minimum atomic E-state index is -4.90. The number of rotatable bonds is 3. The highest BCUT2D eigenvalue weighted by molar-refractivity contribution is 7.89. The zero-order chi connectivity index (χ0) is 18.1. The summed E-state index contributed by atoms with van der Waals surface area (Å²) in [4.78, 5) is 11.0. The molecule has 2 N–H and O–H groups in total. The standard InChI is InChI=1S/C14H17F3N2O4S.ClH/c1-23-13(20)11-5-4-10(7-12(11)14(15,16)17)24(21,22)19-6-2-3-9(18)8-19;/h4-5,7,9H,2-3,6,8,18H2,1H3;1H/t9-;/m1./s1. The summed E-state index contributed by atoms with van der Waals surface area (Å²) in [6, 6.07) is 1.88. The number of carbonyl (C=O) groups excluding carboxylic acids is 1. The van der Waals surface area contributed by atoms with E-state index in [-0.39, 0.29) is 31.5 Å². The maximum absolute atomic E-state index is 13.2. The van der Waals surface area contributed by atoms with Crippen LogP contribution in [0, 0.1) is 0 Å². The van der Waals surface area contributed by atoms with Gasteiger partial charge in [0.05, 0.1) is 23.1 Å². The first-order valence-electron chi connectivity index (χ1n) is 7.12. The minimum absolute atomic E-state index is 0. The Bertz CT molecular complexity index is 740. The van der Waals surface area contributed by atoms with E-state index in [9.17, 15) is 26.4 Å². The van der Waals surface area contributed by atoms with Crippen LogP contribution in [-0.2, 0) is 20.9 Å². The summed E-state index contributed by atoms with van der Waals surface area (Å²) in [5, 5.41) is 0. The first kappa shape index (κ1) is 21.7. The maximum atomic E-state index is 13.2. The van der Waals surface area contributed by atoms with Crippen LogP contribution in [0.15, 0.2) is 23.1 Å². The molecule has 0 amide bonds. The van der Waals surface area contributed by atoms with Crippen LogP contribution >= 0.6 is 12.4 Å². The van der Waals surface area contributed by atoms with Crippen LogP contribution in [0.5, 0.6) is 0 Å². The largest absolute Gasteiger partial charge is 0.465 e. The van der Waals surface area contributed by atoms with Gasteiger partial charge < -0.3 is 10.5 Å². The van der Waals surface area contributed by atoms with E-state index in [2.05, 4.69) is 4.74 Å². The second kappa shape index (κ2) is 7.90. The number of ether oxygens (including phenoxy) is 1. The normalized spacial score (nSPS) is 19.2. The third kappa shape index (κ3) is 4.63. The Labute approximate surface area is 149 Å². The molecule has 6 nitrogen and oxygen atoms in total. The van der Waals surface area contributed by atoms with Crippen LogP contribution < -0.4 is 5.73 Å². The lowest BCUT2D eigenvalue weighted by molar-refractivity contribution is -0.138. The van der Waals surface area contributed by atoms with E-state index in [1.54, 1.807) is 0 Å². The molecule has 0 saturated carbocycles. The van der Waals surface area contributed by atoms with Gasteiger partial charge in [-0.25, -0.2) is 13.2 Å². The van der Waals surface area contributed by atoms with Crippen molar-refractivity contribution >= 4 is 28.4 Å². The van der Waals surface area contributed by atoms with Crippen molar-refractivity contribution in [1.29, 1.82) is 0 Å². The maximum Gasteiger partial charge on any atom is 0.417 e. The Morgan fingerprint density at radius 3 is 2.52 bits per heavy atom. The Kier molecular flexibility index (Phi) is 6.85. The second-order valence-corrected chi connectivity index (χ2v) is 7.40. The van der Waals surface area contributed by atoms with Crippen molar-refractivity contribution in [2.75, 3.05) is 20.2 Å². The summed E-state index contributed by atoms with van der Waals surface area (Å²) >= 11 is 0. The van der Waals surface area contributed by atoms with Crippen LogP contribution in [0.2, 0.25) is 0 Å². The first-order chi connectivity index (χ1) is 11.1. The average Bonchev–Trinajstić information content (AvgIpc) is 2.52. The Hall–Kier alpha value is -1.36. The van der Waals surface area contributed by atoms with Gasteiger partial charge in [0.25, 0.3) is 0 Å². The van der Waals surface area contributed by atoms with E-state index in [0.29, 0.717) is 18.9 Å². The van der Waals surface area contributed by atoms with Gasteiger partial charge in [0.2, 0.25) is 10.0 Å². The fourth-order valence-corrected chi connectivity index (χ4v) is 4.11. The van der Waals surface area contributed by atoms with Gasteiger partial charge in [-0.05, 0) is 31.0 Å². The zero-order valence-electron chi connectivity index (χ0n) is 13.2. The lowest BCUT2D eigenvalue weighted by atomic mass is 10.1. The van der Waals surface area contributed by atoms with Crippen molar-refractivity contribution < 1.29 is 31.1 Å². The molecule has 1 aromatic rings.